The van der Waals surface area contributed by atoms with Gasteiger partial charge in [-0.05, 0) is 73.0 Å². The van der Waals surface area contributed by atoms with E-state index in [0.717, 1.165) is 35.5 Å². The number of aromatic nitrogens is 1. The van der Waals surface area contributed by atoms with Gasteiger partial charge >= 0.3 is 0 Å². The lowest BCUT2D eigenvalue weighted by Gasteiger charge is -2.39. The molecule has 0 bridgehead atoms. The molecule has 37 heavy (non-hydrogen) atoms. The van der Waals surface area contributed by atoms with Crippen molar-refractivity contribution in [2.45, 2.75) is 24.9 Å². The van der Waals surface area contributed by atoms with Crippen LogP contribution < -0.4 is 4.90 Å². The van der Waals surface area contributed by atoms with E-state index >= 15 is 0 Å². The van der Waals surface area contributed by atoms with Crippen LogP contribution in [0.2, 0.25) is 10.0 Å². The zero-order valence-corrected chi connectivity index (χ0v) is 21.2. The van der Waals surface area contributed by atoms with Crippen molar-refractivity contribution in [3.63, 3.8) is 0 Å². The van der Waals surface area contributed by atoms with Crippen molar-refractivity contribution in [1.29, 1.82) is 0 Å². The van der Waals surface area contributed by atoms with Crippen molar-refractivity contribution in [1.82, 2.24) is 9.47 Å². The molecule has 2 heterocycles. The SMILES string of the molecule is O=C(c1ccc(Cl)cc1Cl)N(CC(=O)N1c2ccccc2-n2cccc2[C@H]1c1ccc(F)cc1)C1CC1. The molecule has 5 nitrogen and oxygen atoms in total. The smallest absolute Gasteiger partial charge is 0.256 e. The van der Waals surface area contributed by atoms with Crippen LogP contribution in [0.4, 0.5) is 10.1 Å². The summed E-state index contributed by atoms with van der Waals surface area (Å²) in [6.07, 6.45) is 3.60. The summed E-state index contributed by atoms with van der Waals surface area (Å²) < 4.78 is 15.9. The number of nitrogens with zero attached hydrogens (tertiary/aromatic N) is 3. The van der Waals surface area contributed by atoms with Crippen LogP contribution >= 0.6 is 23.2 Å². The zero-order chi connectivity index (χ0) is 25.7. The number of hydrogen-bond donors (Lipinski definition) is 0. The van der Waals surface area contributed by atoms with Gasteiger partial charge in [-0.25, -0.2) is 4.39 Å². The van der Waals surface area contributed by atoms with E-state index in [2.05, 4.69) is 0 Å². The molecule has 2 amide bonds. The van der Waals surface area contributed by atoms with Crippen LogP contribution in [0.1, 0.15) is 40.5 Å². The van der Waals surface area contributed by atoms with Gasteiger partial charge < -0.3 is 9.47 Å². The number of fused-ring (bicyclic) bond motifs is 3. The van der Waals surface area contributed by atoms with Gasteiger partial charge in [0.2, 0.25) is 5.91 Å². The minimum atomic E-state index is -0.492. The highest BCUT2D eigenvalue weighted by Crippen LogP contribution is 2.42. The van der Waals surface area contributed by atoms with Crippen LogP contribution in [0.15, 0.2) is 85.1 Å². The number of carbonyl (C=O) groups is 2. The first-order chi connectivity index (χ1) is 17.9. The number of para-hydroxylation sites is 2. The Morgan fingerprint density at radius 1 is 0.919 bits per heavy atom. The Balaban J connectivity index is 1.41. The molecule has 6 rings (SSSR count). The van der Waals surface area contributed by atoms with Gasteiger partial charge in [0.25, 0.3) is 5.91 Å². The highest BCUT2D eigenvalue weighted by Gasteiger charge is 2.40. The Bertz CT molecular complexity index is 1510. The Labute approximate surface area is 223 Å². The Morgan fingerprint density at radius 2 is 1.65 bits per heavy atom. The van der Waals surface area contributed by atoms with Crippen molar-refractivity contribution in [3.8, 4) is 5.69 Å². The fourth-order valence-electron chi connectivity index (χ4n) is 5.01. The summed E-state index contributed by atoms with van der Waals surface area (Å²) in [4.78, 5) is 31.0. The second-order valence-electron chi connectivity index (χ2n) is 9.30. The summed E-state index contributed by atoms with van der Waals surface area (Å²) in [6, 6.07) is 22.0. The summed E-state index contributed by atoms with van der Waals surface area (Å²) in [6.45, 7) is -0.116. The average molecular weight is 534 g/mol. The molecule has 1 atom stereocenters. The summed E-state index contributed by atoms with van der Waals surface area (Å²) in [5.74, 6) is -0.886. The third-order valence-corrected chi connectivity index (χ3v) is 7.44. The number of hydrogen-bond acceptors (Lipinski definition) is 2. The Morgan fingerprint density at radius 3 is 2.35 bits per heavy atom. The number of amides is 2. The van der Waals surface area contributed by atoms with Crippen LogP contribution in [-0.2, 0) is 4.79 Å². The molecule has 4 aromatic rings. The van der Waals surface area contributed by atoms with Crippen molar-refractivity contribution in [3.05, 3.63) is 118 Å². The molecule has 3 aromatic carbocycles. The molecule has 0 unspecified atom stereocenters. The highest BCUT2D eigenvalue weighted by molar-refractivity contribution is 6.36. The zero-order valence-electron chi connectivity index (χ0n) is 19.7. The standard InChI is InChI=1S/C29H22Cl2FN3O2/c30-19-9-14-22(23(31)16-19)29(37)34(21-12-13-21)17-27(36)35-25-5-2-1-4-24(25)33-15-3-6-26(33)28(35)18-7-10-20(32)11-8-18/h1-11,14-16,21,28H,12-13,17H2/t28-/m1/s1. The fraction of sp³-hybridized carbons (Fsp3) is 0.172. The van der Waals surface area contributed by atoms with Crippen LogP contribution in [0.3, 0.4) is 0 Å². The van der Waals surface area contributed by atoms with E-state index in [1.165, 1.54) is 18.2 Å². The van der Waals surface area contributed by atoms with Gasteiger partial charge in [-0.15, -0.1) is 0 Å². The summed E-state index contributed by atoms with van der Waals surface area (Å²) >= 11 is 12.4. The molecular weight excluding hydrogens is 512 g/mol. The molecule has 0 saturated heterocycles. The first kappa shape index (κ1) is 23.8. The molecule has 1 saturated carbocycles. The van der Waals surface area contributed by atoms with E-state index in [1.54, 1.807) is 34.1 Å². The second kappa shape index (κ2) is 9.36. The molecule has 186 valence electrons. The van der Waals surface area contributed by atoms with E-state index < -0.39 is 6.04 Å². The molecule has 0 radical (unpaired) electrons. The largest absolute Gasteiger partial charge is 0.326 e. The number of anilines is 1. The molecule has 8 heteroatoms. The van der Waals surface area contributed by atoms with Gasteiger partial charge in [-0.3, -0.25) is 14.5 Å². The molecule has 1 aliphatic heterocycles. The van der Waals surface area contributed by atoms with Gasteiger partial charge in [-0.1, -0.05) is 47.5 Å². The first-order valence-electron chi connectivity index (χ1n) is 12.0. The van der Waals surface area contributed by atoms with Crippen molar-refractivity contribution < 1.29 is 14.0 Å². The van der Waals surface area contributed by atoms with Gasteiger partial charge in [0.1, 0.15) is 18.4 Å². The fourth-order valence-corrected chi connectivity index (χ4v) is 5.50. The lowest BCUT2D eigenvalue weighted by molar-refractivity contribution is -0.119. The second-order valence-corrected chi connectivity index (χ2v) is 10.1. The lowest BCUT2D eigenvalue weighted by atomic mass is 9.97. The molecule has 1 aromatic heterocycles. The van der Waals surface area contributed by atoms with Gasteiger partial charge in [0.15, 0.2) is 0 Å². The molecule has 0 spiro atoms. The molecule has 1 aliphatic carbocycles. The maximum absolute atomic E-state index is 14.2. The van der Waals surface area contributed by atoms with Crippen LogP contribution in [0.25, 0.3) is 5.69 Å². The van der Waals surface area contributed by atoms with Gasteiger partial charge in [0, 0.05) is 17.3 Å². The average Bonchev–Trinajstić information content (AvgIpc) is 3.61. The minimum absolute atomic E-state index is 0.0311. The maximum Gasteiger partial charge on any atom is 0.256 e. The predicted molar refractivity (Wildman–Crippen MR) is 142 cm³/mol. The van der Waals surface area contributed by atoms with E-state index in [-0.39, 0.29) is 35.2 Å². The number of halogens is 3. The summed E-state index contributed by atoms with van der Waals surface area (Å²) in [5, 5.41) is 0.687. The van der Waals surface area contributed by atoms with Crippen molar-refractivity contribution in [2.24, 2.45) is 0 Å². The van der Waals surface area contributed by atoms with Crippen LogP contribution in [0.5, 0.6) is 0 Å². The third-order valence-electron chi connectivity index (χ3n) is 6.89. The number of carbonyl (C=O) groups excluding carboxylic acids is 2. The van der Waals surface area contributed by atoms with Crippen molar-refractivity contribution in [2.75, 3.05) is 11.4 Å². The summed E-state index contributed by atoms with van der Waals surface area (Å²) in [7, 11) is 0. The van der Waals surface area contributed by atoms with Crippen LogP contribution in [0, 0.1) is 5.82 Å². The molecule has 2 aliphatic rings. The molecule has 0 N–H and O–H groups in total. The predicted octanol–water partition coefficient (Wildman–Crippen LogP) is 6.66. The van der Waals surface area contributed by atoms with E-state index in [1.807, 2.05) is 47.2 Å². The number of rotatable bonds is 5. The lowest BCUT2D eigenvalue weighted by Crippen LogP contribution is -2.47. The van der Waals surface area contributed by atoms with E-state index in [9.17, 15) is 14.0 Å². The molecule has 1 fully saturated rings. The minimum Gasteiger partial charge on any atom is -0.326 e. The molecular formula is C29H22Cl2FN3O2. The van der Waals surface area contributed by atoms with Gasteiger partial charge in [0.05, 0.1) is 27.7 Å². The van der Waals surface area contributed by atoms with E-state index in [4.69, 9.17) is 23.2 Å². The maximum atomic E-state index is 14.2. The third kappa shape index (κ3) is 4.30. The quantitative estimate of drug-likeness (QED) is 0.287. The van der Waals surface area contributed by atoms with Gasteiger partial charge in [-0.2, -0.15) is 0 Å². The highest BCUT2D eigenvalue weighted by atomic mass is 35.5. The van der Waals surface area contributed by atoms with Crippen LogP contribution in [-0.4, -0.2) is 33.9 Å². The Hall–Kier alpha value is -3.61. The topological polar surface area (TPSA) is 45.6 Å². The normalized spacial score (nSPS) is 16.2. The first-order valence-corrected chi connectivity index (χ1v) is 12.8. The Kier molecular flexibility index (Phi) is 6.01. The monoisotopic (exact) mass is 533 g/mol. The van der Waals surface area contributed by atoms with E-state index in [0.29, 0.717) is 10.6 Å². The summed E-state index contributed by atoms with van der Waals surface area (Å²) in [5.41, 5.74) is 3.55. The number of benzene rings is 3. The van der Waals surface area contributed by atoms with Crippen molar-refractivity contribution >= 4 is 40.7 Å².